The van der Waals surface area contributed by atoms with Crippen LogP contribution < -0.4 is 0 Å². The third-order valence-corrected chi connectivity index (χ3v) is 3.58. The van der Waals surface area contributed by atoms with Crippen molar-refractivity contribution in [2.24, 2.45) is 0 Å². The molecule has 0 aliphatic heterocycles. The average molecular weight is 308 g/mol. The Balaban J connectivity index is 1.67. The van der Waals surface area contributed by atoms with Gasteiger partial charge in [-0.05, 0) is 59.7 Å². The molecule has 3 aromatic rings. The topological polar surface area (TPSA) is 69.9 Å². The fourth-order valence-corrected chi connectivity index (χ4v) is 2.21. The Morgan fingerprint density at radius 1 is 1.13 bits per heavy atom. The number of carbonyl (C=O) groups is 1. The van der Waals surface area contributed by atoms with Crippen molar-refractivity contribution in [3.05, 3.63) is 71.0 Å². The molecule has 1 heterocycles. The maximum absolute atomic E-state index is 12.1. The van der Waals surface area contributed by atoms with Gasteiger partial charge in [0.05, 0.1) is 11.3 Å². The van der Waals surface area contributed by atoms with Gasteiger partial charge >= 0.3 is 5.97 Å². The lowest BCUT2D eigenvalue weighted by Crippen LogP contribution is -2.06. The molecule has 2 aromatic carbocycles. The van der Waals surface area contributed by atoms with Crippen LogP contribution in [0.15, 0.2) is 48.8 Å². The third-order valence-electron chi connectivity index (χ3n) is 3.58. The first-order valence-corrected chi connectivity index (χ1v) is 7.20. The number of tetrazole rings is 1. The normalized spacial score (nSPS) is 10.5. The second kappa shape index (κ2) is 6.39. The lowest BCUT2D eigenvalue weighted by molar-refractivity contribution is 0.0472. The minimum Gasteiger partial charge on any atom is -0.457 e. The van der Waals surface area contributed by atoms with Gasteiger partial charge in [0, 0.05) is 0 Å². The summed E-state index contributed by atoms with van der Waals surface area (Å²) >= 11 is 0. The molecule has 1 aromatic heterocycles. The smallest absolute Gasteiger partial charge is 0.338 e. The summed E-state index contributed by atoms with van der Waals surface area (Å²) < 4.78 is 6.91. The highest BCUT2D eigenvalue weighted by atomic mass is 16.5. The zero-order valence-corrected chi connectivity index (χ0v) is 12.9. The number of nitrogens with zero attached hydrogens (tertiary/aromatic N) is 4. The second-order valence-electron chi connectivity index (χ2n) is 5.31. The number of benzene rings is 2. The molecule has 0 aliphatic rings. The summed E-state index contributed by atoms with van der Waals surface area (Å²) in [5.74, 6) is -0.353. The molecule has 116 valence electrons. The third kappa shape index (κ3) is 3.42. The SMILES string of the molecule is Cc1ccc(C)c(COC(=O)c2ccc(-n3cnnn3)cc2)c1. The van der Waals surface area contributed by atoms with Gasteiger partial charge in [-0.15, -0.1) is 5.10 Å². The summed E-state index contributed by atoms with van der Waals surface area (Å²) in [5, 5.41) is 10.9. The van der Waals surface area contributed by atoms with Crippen molar-refractivity contribution >= 4 is 5.97 Å². The number of esters is 1. The van der Waals surface area contributed by atoms with Gasteiger partial charge in [0.1, 0.15) is 12.9 Å². The molecule has 0 radical (unpaired) electrons. The highest BCUT2D eigenvalue weighted by Crippen LogP contribution is 2.14. The summed E-state index contributed by atoms with van der Waals surface area (Å²) in [6.45, 7) is 4.28. The molecule has 0 fully saturated rings. The van der Waals surface area contributed by atoms with E-state index in [9.17, 15) is 4.79 Å². The van der Waals surface area contributed by atoms with Gasteiger partial charge in [-0.1, -0.05) is 23.8 Å². The molecule has 0 amide bonds. The van der Waals surface area contributed by atoms with Gasteiger partial charge in [-0.3, -0.25) is 0 Å². The molecular formula is C17H16N4O2. The van der Waals surface area contributed by atoms with Crippen molar-refractivity contribution in [1.29, 1.82) is 0 Å². The van der Waals surface area contributed by atoms with Crippen molar-refractivity contribution < 1.29 is 9.53 Å². The summed E-state index contributed by atoms with van der Waals surface area (Å²) in [4.78, 5) is 12.1. The zero-order valence-electron chi connectivity index (χ0n) is 12.9. The fourth-order valence-electron chi connectivity index (χ4n) is 2.21. The number of aromatic nitrogens is 4. The van der Waals surface area contributed by atoms with Gasteiger partial charge < -0.3 is 4.74 Å². The number of aryl methyl sites for hydroxylation is 2. The second-order valence-corrected chi connectivity index (χ2v) is 5.31. The van der Waals surface area contributed by atoms with E-state index in [-0.39, 0.29) is 12.6 Å². The van der Waals surface area contributed by atoms with Crippen LogP contribution in [-0.4, -0.2) is 26.2 Å². The molecule has 0 aliphatic carbocycles. The number of ether oxygens (including phenoxy) is 1. The monoisotopic (exact) mass is 308 g/mol. The Labute approximate surface area is 133 Å². The molecule has 0 bridgehead atoms. The van der Waals surface area contributed by atoms with E-state index in [1.807, 2.05) is 32.0 Å². The lowest BCUT2D eigenvalue weighted by atomic mass is 10.1. The van der Waals surface area contributed by atoms with Crippen LogP contribution in [0.5, 0.6) is 0 Å². The van der Waals surface area contributed by atoms with Gasteiger partial charge in [0.15, 0.2) is 0 Å². The molecule has 0 spiro atoms. The molecule has 6 nitrogen and oxygen atoms in total. The minimum absolute atomic E-state index is 0.265. The number of hydrogen-bond acceptors (Lipinski definition) is 5. The quantitative estimate of drug-likeness (QED) is 0.693. The van der Waals surface area contributed by atoms with Crippen LogP contribution in [0.25, 0.3) is 5.69 Å². The first kappa shape index (κ1) is 14.9. The Bertz CT molecular complexity index is 811. The predicted octanol–water partition coefficient (Wildman–Crippen LogP) is 2.64. The maximum Gasteiger partial charge on any atom is 0.338 e. The van der Waals surface area contributed by atoms with Gasteiger partial charge in [-0.2, -0.15) is 0 Å². The van der Waals surface area contributed by atoms with Gasteiger partial charge in [-0.25, -0.2) is 9.48 Å². The van der Waals surface area contributed by atoms with Crippen molar-refractivity contribution in [2.45, 2.75) is 20.5 Å². The lowest BCUT2D eigenvalue weighted by Gasteiger charge is -2.09. The summed E-state index contributed by atoms with van der Waals surface area (Å²) in [6.07, 6.45) is 1.49. The Morgan fingerprint density at radius 2 is 1.91 bits per heavy atom. The first-order chi connectivity index (χ1) is 11.1. The molecule has 6 heteroatoms. The molecule has 0 saturated carbocycles. The molecule has 0 unspecified atom stereocenters. The van der Waals surface area contributed by atoms with Crippen LogP contribution in [0, 0.1) is 13.8 Å². The van der Waals surface area contributed by atoms with Crippen LogP contribution in [-0.2, 0) is 11.3 Å². The van der Waals surface area contributed by atoms with Crippen LogP contribution in [0.4, 0.5) is 0 Å². The van der Waals surface area contributed by atoms with Gasteiger partial charge in [0.25, 0.3) is 0 Å². The number of carbonyl (C=O) groups excluding carboxylic acids is 1. The average Bonchev–Trinajstić information content (AvgIpc) is 3.10. The number of hydrogen-bond donors (Lipinski definition) is 0. The molecular weight excluding hydrogens is 292 g/mol. The fraction of sp³-hybridized carbons (Fsp3) is 0.176. The molecule has 23 heavy (non-hydrogen) atoms. The molecule has 0 saturated heterocycles. The molecule has 0 N–H and O–H groups in total. The summed E-state index contributed by atoms with van der Waals surface area (Å²) in [7, 11) is 0. The van der Waals surface area contributed by atoms with Gasteiger partial charge in [0.2, 0.25) is 0 Å². The van der Waals surface area contributed by atoms with Crippen LogP contribution in [0.3, 0.4) is 0 Å². The standard InChI is InChI=1S/C17H16N4O2/c1-12-3-4-13(2)15(9-12)10-23-17(22)14-5-7-16(8-6-14)21-11-18-19-20-21/h3-9,11H,10H2,1-2H3. The van der Waals surface area contributed by atoms with E-state index in [2.05, 4.69) is 15.5 Å². The largest absolute Gasteiger partial charge is 0.457 e. The zero-order chi connectivity index (χ0) is 16.2. The first-order valence-electron chi connectivity index (χ1n) is 7.20. The van der Waals surface area contributed by atoms with E-state index in [4.69, 9.17) is 4.74 Å². The van der Waals surface area contributed by atoms with E-state index in [0.29, 0.717) is 5.56 Å². The van der Waals surface area contributed by atoms with Crippen molar-refractivity contribution in [1.82, 2.24) is 20.2 Å². The Hall–Kier alpha value is -3.02. The van der Waals surface area contributed by atoms with Crippen LogP contribution in [0.1, 0.15) is 27.0 Å². The summed E-state index contributed by atoms with van der Waals surface area (Å²) in [5.41, 5.74) is 4.54. The highest BCUT2D eigenvalue weighted by Gasteiger charge is 2.09. The van der Waals surface area contributed by atoms with E-state index >= 15 is 0 Å². The molecule has 0 atom stereocenters. The van der Waals surface area contributed by atoms with E-state index < -0.39 is 0 Å². The van der Waals surface area contributed by atoms with Crippen molar-refractivity contribution in [2.75, 3.05) is 0 Å². The van der Waals surface area contributed by atoms with Crippen molar-refractivity contribution in [3.63, 3.8) is 0 Å². The van der Waals surface area contributed by atoms with Crippen LogP contribution >= 0.6 is 0 Å². The van der Waals surface area contributed by atoms with E-state index in [1.165, 1.54) is 11.0 Å². The molecule has 3 rings (SSSR count). The van der Waals surface area contributed by atoms with E-state index in [0.717, 1.165) is 22.4 Å². The highest BCUT2D eigenvalue weighted by molar-refractivity contribution is 5.89. The number of rotatable bonds is 4. The Kier molecular flexibility index (Phi) is 4.14. The Morgan fingerprint density at radius 3 is 2.61 bits per heavy atom. The minimum atomic E-state index is -0.353. The predicted molar refractivity (Wildman–Crippen MR) is 84.2 cm³/mol. The van der Waals surface area contributed by atoms with Crippen LogP contribution in [0.2, 0.25) is 0 Å². The van der Waals surface area contributed by atoms with Crippen molar-refractivity contribution in [3.8, 4) is 5.69 Å². The van der Waals surface area contributed by atoms with E-state index in [1.54, 1.807) is 24.3 Å². The summed E-state index contributed by atoms with van der Waals surface area (Å²) in [6, 6.07) is 13.0. The maximum atomic E-state index is 12.1.